The molecule has 106 valence electrons. The number of carboxylic acid groups (broad SMARTS) is 1. The van der Waals surface area contributed by atoms with Crippen molar-refractivity contribution in [1.29, 1.82) is 0 Å². The highest BCUT2D eigenvalue weighted by Gasteiger charge is 2.35. The molecule has 0 saturated heterocycles. The molecule has 2 N–H and O–H groups in total. The van der Waals surface area contributed by atoms with Crippen LogP contribution < -0.4 is 5.32 Å². The monoisotopic (exact) mass is 287 g/mol. The van der Waals surface area contributed by atoms with Gasteiger partial charge in [-0.15, -0.1) is 0 Å². The molecule has 1 amide bonds. The van der Waals surface area contributed by atoms with Gasteiger partial charge in [-0.2, -0.15) is 5.10 Å². The zero-order valence-electron chi connectivity index (χ0n) is 11.5. The standard InChI is InChI=1S/C12H18ClN3O3/c1-5-6-12(3,11(18)19)14-10(17)9-8(13)7(2)16(4)15-9/h5-6H2,1-4H3,(H,14,17)(H,18,19). The van der Waals surface area contributed by atoms with Gasteiger partial charge in [-0.1, -0.05) is 24.9 Å². The molecular formula is C12H18ClN3O3. The van der Waals surface area contributed by atoms with Crippen molar-refractivity contribution in [2.75, 3.05) is 0 Å². The number of hydrogen-bond acceptors (Lipinski definition) is 3. The topological polar surface area (TPSA) is 84.2 Å². The molecule has 0 aromatic carbocycles. The number of halogens is 1. The van der Waals surface area contributed by atoms with Gasteiger partial charge >= 0.3 is 5.97 Å². The van der Waals surface area contributed by atoms with E-state index in [-0.39, 0.29) is 10.7 Å². The Balaban J connectivity index is 3.01. The number of carbonyl (C=O) groups is 2. The Labute approximate surface area is 116 Å². The lowest BCUT2D eigenvalue weighted by Gasteiger charge is -2.25. The number of aliphatic carboxylic acids is 1. The highest BCUT2D eigenvalue weighted by molar-refractivity contribution is 6.34. The number of nitrogens with zero attached hydrogens (tertiary/aromatic N) is 2. The molecule has 0 fully saturated rings. The molecule has 1 aromatic heterocycles. The van der Waals surface area contributed by atoms with Crippen molar-refractivity contribution >= 4 is 23.5 Å². The number of rotatable bonds is 5. The number of amides is 1. The smallest absolute Gasteiger partial charge is 0.329 e. The van der Waals surface area contributed by atoms with Gasteiger partial charge in [-0.25, -0.2) is 4.79 Å². The minimum Gasteiger partial charge on any atom is -0.480 e. The lowest BCUT2D eigenvalue weighted by molar-refractivity contribution is -0.144. The zero-order valence-corrected chi connectivity index (χ0v) is 12.2. The first-order chi connectivity index (χ1) is 8.73. The first kappa shape index (κ1) is 15.5. The van der Waals surface area contributed by atoms with E-state index in [0.717, 1.165) is 0 Å². The fourth-order valence-electron chi connectivity index (χ4n) is 1.76. The van der Waals surface area contributed by atoms with Crippen molar-refractivity contribution in [3.05, 3.63) is 16.4 Å². The van der Waals surface area contributed by atoms with Gasteiger partial charge in [0.2, 0.25) is 0 Å². The number of carbonyl (C=O) groups excluding carboxylic acids is 1. The Morgan fingerprint density at radius 2 is 2.11 bits per heavy atom. The third-order valence-corrected chi connectivity index (χ3v) is 3.54. The van der Waals surface area contributed by atoms with E-state index in [2.05, 4.69) is 10.4 Å². The maximum absolute atomic E-state index is 12.1. The molecule has 0 aliphatic heterocycles. The first-order valence-corrected chi connectivity index (χ1v) is 6.35. The Kier molecular flexibility index (Phi) is 4.57. The molecule has 7 heteroatoms. The van der Waals surface area contributed by atoms with E-state index in [4.69, 9.17) is 11.6 Å². The van der Waals surface area contributed by atoms with Crippen LogP contribution in [0.5, 0.6) is 0 Å². The number of carboxylic acids is 1. The van der Waals surface area contributed by atoms with E-state index < -0.39 is 17.4 Å². The second kappa shape index (κ2) is 5.61. The first-order valence-electron chi connectivity index (χ1n) is 5.98. The molecule has 0 aliphatic rings. The van der Waals surface area contributed by atoms with Crippen LogP contribution >= 0.6 is 11.6 Å². The molecule has 0 spiro atoms. The summed E-state index contributed by atoms with van der Waals surface area (Å²) in [5.41, 5.74) is -0.620. The second-order valence-electron chi connectivity index (χ2n) is 4.71. The van der Waals surface area contributed by atoms with E-state index in [1.54, 1.807) is 14.0 Å². The Morgan fingerprint density at radius 3 is 2.47 bits per heavy atom. The largest absolute Gasteiger partial charge is 0.480 e. The summed E-state index contributed by atoms with van der Waals surface area (Å²) in [5, 5.41) is 15.9. The van der Waals surface area contributed by atoms with E-state index >= 15 is 0 Å². The van der Waals surface area contributed by atoms with Crippen molar-refractivity contribution in [3.63, 3.8) is 0 Å². The van der Waals surface area contributed by atoms with Gasteiger partial charge in [0, 0.05) is 7.05 Å². The number of aryl methyl sites for hydroxylation is 1. The Bertz CT molecular complexity index is 513. The van der Waals surface area contributed by atoms with Gasteiger partial charge in [-0.05, 0) is 20.3 Å². The number of aromatic nitrogens is 2. The van der Waals surface area contributed by atoms with Crippen LogP contribution in [-0.2, 0) is 11.8 Å². The van der Waals surface area contributed by atoms with Gasteiger partial charge in [0.05, 0.1) is 10.7 Å². The molecule has 6 nitrogen and oxygen atoms in total. The summed E-state index contributed by atoms with van der Waals surface area (Å²) in [5.74, 6) is -1.65. The quantitative estimate of drug-likeness (QED) is 0.864. The third kappa shape index (κ3) is 3.07. The summed E-state index contributed by atoms with van der Waals surface area (Å²) in [4.78, 5) is 23.4. The zero-order chi connectivity index (χ0) is 14.8. The van der Waals surface area contributed by atoms with Crippen molar-refractivity contribution in [3.8, 4) is 0 Å². The molecule has 0 saturated carbocycles. The van der Waals surface area contributed by atoms with Gasteiger partial charge in [0.15, 0.2) is 5.69 Å². The predicted octanol–water partition coefficient (Wildman–Crippen LogP) is 1.76. The van der Waals surface area contributed by atoms with Crippen molar-refractivity contribution < 1.29 is 14.7 Å². The minimum absolute atomic E-state index is 0.0465. The van der Waals surface area contributed by atoms with Crippen LogP contribution in [-0.4, -0.2) is 32.3 Å². The minimum atomic E-state index is -1.32. The SMILES string of the molecule is CCCC(C)(NC(=O)c1nn(C)c(C)c1Cl)C(=O)O. The van der Waals surface area contributed by atoms with Crippen LogP contribution in [0.15, 0.2) is 0 Å². The lowest BCUT2D eigenvalue weighted by Crippen LogP contribution is -2.52. The average molecular weight is 288 g/mol. The summed E-state index contributed by atoms with van der Waals surface area (Å²) in [6.07, 6.45) is 0.968. The van der Waals surface area contributed by atoms with Crippen LogP contribution in [0.1, 0.15) is 42.9 Å². The fourth-order valence-corrected chi connectivity index (χ4v) is 2.01. The van der Waals surface area contributed by atoms with Crippen LogP contribution in [0.3, 0.4) is 0 Å². The summed E-state index contributed by atoms with van der Waals surface area (Å²) in [6.45, 7) is 5.06. The maximum atomic E-state index is 12.1. The third-order valence-electron chi connectivity index (χ3n) is 3.09. The normalized spacial score (nSPS) is 13.9. The van der Waals surface area contributed by atoms with Gasteiger partial charge in [0.25, 0.3) is 5.91 Å². The van der Waals surface area contributed by atoms with E-state index in [1.807, 2.05) is 6.92 Å². The molecular weight excluding hydrogens is 270 g/mol. The van der Waals surface area contributed by atoms with Crippen molar-refractivity contribution in [2.24, 2.45) is 7.05 Å². The highest BCUT2D eigenvalue weighted by Crippen LogP contribution is 2.21. The van der Waals surface area contributed by atoms with Crippen LogP contribution in [0.2, 0.25) is 5.02 Å². The number of nitrogens with one attached hydrogen (secondary N) is 1. The second-order valence-corrected chi connectivity index (χ2v) is 5.09. The van der Waals surface area contributed by atoms with Crippen LogP contribution in [0, 0.1) is 6.92 Å². The molecule has 1 atom stereocenters. The molecule has 0 aliphatic carbocycles. The molecule has 0 bridgehead atoms. The average Bonchev–Trinajstić information content (AvgIpc) is 2.57. The Hall–Kier alpha value is -1.56. The predicted molar refractivity (Wildman–Crippen MR) is 71.4 cm³/mol. The van der Waals surface area contributed by atoms with Crippen molar-refractivity contribution in [1.82, 2.24) is 15.1 Å². The van der Waals surface area contributed by atoms with Gasteiger partial charge in [0.1, 0.15) is 5.54 Å². The van der Waals surface area contributed by atoms with Gasteiger partial charge in [-0.3, -0.25) is 9.48 Å². The summed E-state index contributed by atoms with van der Waals surface area (Å²) in [7, 11) is 1.67. The lowest BCUT2D eigenvalue weighted by atomic mass is 9.96. The number of hydrogen-bond donors (Lipinski definition) is 2. The Morgan fingerprint density at radius 1 is 1.53 bits per heavy atom. The van der Waals surface area contributed by atoms with Crippen molar-refractivity contribution in [2.45, 2.75) is 39.2 Å². The van der Waals surface area contributed by atoms with Crippen LogP contribution in [0.4, 0.5) is 0 Å². The molecule has 1 rings (SSSR count). The summed E-state index contributed by atoms with van der Waals surface area (Å²) >= 11 is 6.00. The van der Waals surface area contributed by atoms with E-state index in [9.17, 15) is 14.7 Å². The molecule has 1 aromatic rings. The summed E-state index contributed by atoms with van der Waals surface area (Å²) < 4.78 is 1.48. The van der Waals surface area contributed by atoms with E-state index in [1.165, 1.54) is 11.6 Å². The van der Waals surface area contributed by atoms with Gasteiger partial charge < -0.3 is 10.4 Å². The summed E-state index contributed by atoms with van der Waals surface area (Å²) in [6, 6.07) is 0. The highest BCUT2D eigenvalue weighted by atomic mass is 35.5. The fraction of sp³-hybridized carbons (Fsp3) is 0.583. The molecule has 19 heavy (non-hydrogen) atoms. The molecule has 1 unspecified atom stereocenters. The van der Waals surface area contributed by atoms with E-state index in [0.29, 0.717) is 18.5 Å². The molecule has 1 heterocycles. The molecule has 0 radical (unpaired) electrons. The van der Waals surface area contributed by atoms with Crippen LogP contribution in [0.25, 0.3) is 0 Å². The maximum Gasteiger partial charge on any atom is 0.329 e.